The number of likely N-dealkylation sites (tertiary alicyclic amines) is 1. The second kappa shape index (κ2) is 28.6. The smallest absolute Gasteiger partial charge is 0.00385 e. The van der Waals surface area contributed by atoms with Crippen LogP contribution in [0.2, 0.25) is 0 Å². The van der Waals surface area contributed by atoms with Crippen molar-refractivity contribution in [1.29, 1.82) is 0 Å². The Morgan fingerprint density at radius 3 is 1.35 bits per heavy atom. The van der Waals surface area contributed by atoms with Crippen LogP contribution in [0.4, 0.5) is 0 Å². The Kier molecular flexibility index (Phi) is 61.8. The molecule has 3 heteroatoms. The van der Waals surface area contributed by atoms with Crippen LogP contribution in [-0.2, 0) is 53.8 Å². The summed E-state index contributed by atoms with van der Waals surface area (Å²) < 4.78 is 0. The molecule has 23 heavy (non-hydrogen) atoms. The molecule has 0 unspecified atom stereocenters. The first-order valence-corrected chi connectivity index (χ1v) is 7.17. The van der Waals surface area contributed by atoms with Crippen molar-refractivity contribution >= 4 is 0 Å². The number of nitrogens with zero attached hydrogens (tertiary/aromatic N) is 1. The summed E-state index contributed by atoms with van der Waals surface area (Å²) >= 11 is 0. The van der Waals surface area contributed by atoms with Crippen LogP contribution < -0.4 is 0 Å². The molecule has 0 spiro atoms. The molecule has 0 aromatic rings. The minimum absolute atomic E-state index is 0. The molecule has 0 N–H and O–H groups in total. The average molecular weight is 577 g/mol. The van der Waals surface area contributed by atoms with E-state index in [9.17, 15) is 0 Å². The number of unbranched alkanes of at least 4 members (excludes halogenated alkanes) is 2. The van der Waals surface area contributed by atoms with Crippen molar-refractivity contribution in [2.24, 2.45) is 5.41 Å². The third-order valence-electron chi connectivity index (χ3n) is 3.59. The third-order valence-corrected chi connectivity index (χ3v) is 3.59. The topological polar surface area (TPSA) is 3.24 Å². The first-order valence-electron chi connectivity index (χ1n) is 7.17. The molecule has 1 heterocycles. The fraction of sp³-hybridized carbons (Fsp3) is 0.850. The standard InChI is InChI=1S/C10H21N.C5H12.2CH4.3CH3.W.Y/c1-9(2)11-7-5-10(3,4)6-8-11;1-3-5-4-2;;;;;;;/h9H,5-8H2,1-4H3;3-5H2,1-2H3;2*1H4;3*1H3;;/q;;;;3*-1;;. The van der Waals surface area contributed by atoms with Gasteiger partial charge in [-0.3, -0.25) is 0 Å². The van der Waals surface area contributed by atoms with Crippen LogP contribution in [0.5, 0.6) is 0 Å². The van der Waals surface area contributed by atoms with Gasteiger partial charge in [0, 0.05) is 59.8 Å². The molecule has 0 amide bonds. The van der Waals surface area contributed by atoms with E-state index in [-0.39, 0.29) is 90.9 Å². The predicted molar refractivity (Wildman–Crippen MR) is 108 cm³/mol. The van der Waals surface area contributed by atoms with Crippen LogP contribution in [0.3, 0.4) is 0 Å². The molecule has 0 bridgehead atoms. The van der Waals surface area contributed by atoms with Crippen molar-refractivity contribution in [2.75, 3.05) is 13.1 Å². The van der Waals surface area contributed by atoms with Gasteiger partial charge in [0.05, 0.1) is 0 Å². The molecule has 1 aliphatic heterocycles. The molecular formula is C20H50NWY-3. The van der Waals surface area contributed by atoms with E-state index in [1.54, 1.807) is 0 Å². The van der Waals surface area contributed by atoms with Gasteiger partial charge < -0.3 is 27.2 Å². The Hall–Kier alpha value is 1.75. The first-order chi connectivity index (χ1) is 7.43. The first kappa shape index (κ1) is 49.8. The van der Waals surface area contributed by atoms with E-state index in [1.807, 2.05) is 0 Å². The Balaban J connectivity index is -0.0000000285. The molecule has 0 atom stereocenters. The zero-order valence-corrected chi connectivity index (χ0v) is 22.2. The maximum atomic E-state index is 2.57. The fourth-order valence-corrected chi connectivity index (χ4v) is 2.00. The molecule has 0 saturated carbocycles. The van der Waals surface area contributed by atoms with Crippen LogP contribution in [0.25, 0.3) is 0 Å². The summed E-state index contributed by atoms with van der Waals surface area (Å²) in [4.78, 5) is 2.57. The quantitative estimate of drug-likeness (QED) is 0.318. The minimum atomic E-state index is 0. The largest absolute Gasteiger partial charge is 0.358 e. The summed E-state index contributed by atoms with van der Waals surface area (Å²) in [5.41, 5.74) is 0.603. The summed E-state index contributed by atoms with van der Waals surface area (Å²) in [6, 6.07) is 0.742. The number of hydrogen-bond acceptors (Lipinski definition) is 1. The van der Waals surface area contributed by atoms with Crippen molar-refractivity contribution in [3.05, 3.63) is 22.3 Å². The Labute approximate surface area is 192 Å². The monoisotopic (exact) mass is 577 g/mol. The molecular weight excluding hydrogens is 527 g/mol. The van der Waals surface area contributed by atoms with Crippen molar-refractivity contribution in [3.63, 3.8) is 0 Å². The van der Waals surface area contributed by atoms with Gasteiger partial charge in [-0.15, -0.1) is 0 Å². The summed E-state index contributed by atoms with van der Waals surface area (Å²) in [6.45, 7) is 16.4. The van der Waals surface area contributed by atoms with Gasteiger partial charge in [0.15, 0.2) is 0 Å². The number of piperidine rings is 1. The Morgan fingerprint density at radius 1 is 0.870 bits per heavy atom. The maximum Gasteiger partial charge on any atom is 0.00385 e. The normalized spacial score (nSPS) is 14.2. The van der Waals surface area contributed by atoms with Crippen LogP contribution in [0.1, 0.15) is 88.5 Å². The van der Waals surface area contributed by atoms with Crippen LogP contribution in [-0.4, -0.2) is 24.0 Å². The predicted octanol–water partition coefficient (Wildman–Crippen LogP) is 7.33. The second-order valence-corrected chi connectivity index (χ2v) is 6.15. The van der Waals surface area contributed by atoms with Gasteiger partial charge in [-0.05, 0) is 45.2 Å². The molecule has 1 aliphatic rings. The van der Waals surface area contributed by atoms with E-state index in [0.717, 1.165) is 6.04 Å². The zero-order valence-electron chi connectivity index (χ0n) is 16.5. The molecule has 147 valence electrons. The third kappa shape index (κ3) is 28.8. The van der Waals surface area contributed by atoms with Crippen molar-refractivity contribution < 1.29 is 53.8 Å². The van der Waals surface area contributed by atoms with Crippen LogP contribution in [0.15, 0.2) is 0 Å². The van der Waals surface area contributed by atoms with Crippen molar-refractivity contribution in [2.45, 2.75) is 94.5 Å². The summed E-state index contributed by atoms with van der Waals surface area (Å²) in [5, 5.41) is 0. The van der Waals surface area contributed by atoms with Gasteiger partial charge in [0.1, 0.15) is 0 Å². The SMILES string of the molecule is C.C.CC(C)N1CCC(C)(C)CC1.CCCCC.[CH3-].[CH3-].[CH3-].[W].[Y]. The minimum Gasteiger partial charge on any atom is -0.358 e. The Bertz CT molecular complexity index is 161. The summed E-state index contributed by atoms with van der Waals surface area (Å²) in [7, 11) is 0. The zero-order chi connectivity index (χ0) is 12.6. The summed E-state index contributed by atoms with van der Waals surface area (Å²) in [5.74, 6) is 0. The van der Waals surface area contributed by atoms with Gasteiger partial charge in [0.2, 0.25) is 0 Å². The molecule has 1 saturated heterocycles. The van der Waals surface area contributed by atoms with E-state index >= 15 is 0 Å². The van der Waals surface area contributed by atoms with Crippen LogP contribution in [0, 0.1) is 27.7 Å². The molecule has 1 nitrogen and oxygen atoms in total. The van der Waals surface area contributed by atoms with Gasteiger partial charge in [-0.1, -0.05) is 61.8 Å². The van der Waals surface area contributed by atoms with E-state index in [0.29, 0.717) is 5.41 Å². The van der Waals surface area contributed by atoms with Gasteiger partial charge in [-0.2, -0.15) is 0 Å². The van der Waals surface area contributed by atoms with E-state index in [1.165, 1.54) is 45.2 Å². The average Bonchev–Trinajstić information content (AvgIpc) is 2.19. The Morgan fingerprint density at radius 2 is 1.17 bits per heavy atom. The molecule has 0 aliphatic carbocycles. The van der Waals surface area contributed by atoms with Crippen molar-refractivity contribution in [1.82, 2.24) is 4.90 Å². The molecule has 1 rings (SSSR count). The van der Waals surface area contributed by atoms with Gasteiger partial charge in [0.25, 0.3) is 0 Å². The van der Waals surface area contributed by atoms with Crippen LogP contribution >= 0.6 is 0 Å². The second-order valence-electron chi connectivity index (χ2n) is 6.15. The maximum absolute atomic E-state index is 2.57. The van der Waals surface area contributed by atoms with Gasteiger partial charge in [-0.25, -0.2) is 0 Å². The fourth-order valence-electron chi connectivity index (χ4n) is 2.00. The van der Waals surface area contributed by atoms with Crippen molar-refractivity contribution in [3.8, 4) is 0 Å². The molecule has 1 fully saturated rings. The number of rotatable bonds is 3. The molecule has 0 aromatic carbocycles. The molecule has 0 aromatic heterocycles. The van der Waals surface area contributed by atoms with E-state index < -0.39 is 0 Å². The van der Waals surface area contributed by atoms with E-state index in [4.69, 9.17) is 0 Å². The van der Waals surface area contributed by atoms with E-state index in [2.05, 4.69) is 46.4 Å². The number of hydrogen-bond donors (Lipinski definition) is 0. The van der Waals surface area contributed by atoms with Gasteiger partial charge >= 0.3 is 0 Å². The molecule has 1 radical (unpaired) electrons. The summed E-state index contributed by atoms with van der Waals surface area (Å²) in [6.07, 6.45) is 6.81.